The Morgan fingerprint density at radius 3 is 1.35 bits per heavy atom. The van der Waals surface area contributed by atoms with E-state index in [0.717, 1.165) is 12.8 Å². The highest BCUT2D eigenvalue weighted by Gasteiger charge is 2.37. The maximum atomic E-state index is 12.7. The van der Waals surface area contributed by atoms with E-state index in [4.69, 9.17) is 0 Å². The number of carbonyl (C=O) groups is 1. The molecule has 0 radical (unpaired) electrons. The number of hydrogen-bond donors (Lipinski definition) is 2. The van der Waals surface area contributed by atoms with Gasteiger partial charge in [-0.25, -0.2) is 4.79 Å². The Kier molecular flexibility index (Phi) is 8.28. The second-order valence-electron chi connectivity index (χ2n) is 11.9. The summed E-state index contributed by atoms with van der Waals surface area (Å²) in [5.41, 5.74) is -0.143. The van der Waals surface area contributed by atoms with Crippen molar-refractivity contribution in [3.8, 4) is 0 Å². The standard InChI is InChI=1S/C23H48N2O/c1-16(2)18(5)21(8,9)15-23(12,13)25-19(26)24-22(10,11)14-20(6,7)17(3)4/h16-18H,14-15H2,1-13H3,(H2,24,25,26). The van der Waals surface area contributed by atoms with Gasteiger partial charge in [-0.3, -0.25) is 0 Å². The molecule has 0 aliphatic heterocycles. The molecule has 0 aromatic carbocycles. The predicted octanol–water partition coefficient (Wildman–Crippen LogP) is 6.62. The number of hydrogen-bond acceptors (Lipinski definition) is 1. The molecule has 0 saturated carbocycles. The smallest absolute Gasteiger partial charge is 0.315 e. The van der Waals surface area contributed by atoms with Crippen molar-refractivity contribution in [1.82, 2.24) is 10.6 Å². The van der Waals surface area contributed by atoms with Gasteiger partial charge in [-0.05, 0) is 69.1 Å². The first kappa shape index (κ1) is 25.3. The highest BCUT2D eigenvalue weighted by molar-refractivity contribution is 5.75. The summed E-state index contributed by atoms with van der Waals surface area (Å²) in [6, 6.07) is -0.0624. The first-order valence-corrected chi connectivity index (χ1v) is 10.4. The molecular formula is C23H48N2O. The average Bonchev–Trinajstić information content (AvgIpc) is 2.32. The third-order valence-corrected chi connectivity index (χ3v) is 6.49. The van der Waals surface area contributed by atoms with E-state index in [-0.39, 0.29) is 27.9 Å². The van der Waals surface area contributed by atoms with E-state index in [0.29, 0.717) is 17.8 Å². The fraction of sp³-hybridized carbons (Fsp3) is 0.957. The lowest BCUT2D eigenvalue weighted by molar-refractivity contribution is 0.117. The third-order valence-electron chi connectivity index (χ3n) is 6.49. The second kappa shape index (κ2) is 8.52. The molecule has 0 rings (SSSR count). The highest BCUT2D eigenvalue weighted by atomic mass is 16.2. The lowest BCUT2D eigenvalue weighted by Crippen LogP contribution is -2.56. The molecule has 2 amide bonds. The Morgan fingerprint density at radius 2 is 1.04 bits per heavy atom. The zero-order valence-corrected chi connectivity index (χ0v) is 20.1. The molecule has 0 aliphatic carbocycles. The van der Waals surface area contributed by atoms with Gasteiger partial charge in [0.2, 0.25) is 0 Å². The summed E-state index contributed by atoms with van der Waals surface area (Å²) in [5, 5.41) is 6.44. The molecule has 0 bridgehead atoms. The monoisotopic (exact) mass is 368 g/mol. The lowest BCUT2D eigenvalue weighted by atomic mass is 9.68. The lowest BCUT2D eigenvalue weighted by Gasteiger charge is -2.42. The van der Waals surface area contributed by atoms with Gasteiger partial charge in [-0.15, -0.1) is 0 Å². The maximum Gasteiger partial charge on any atom is 0.315 e. The van der Waals surface area contributed by atoms with Crippen LogP contribution in [0, 0.1) is 28.6 Å². The summed E-state index contributed by atoms with van der Waals surface area (Å²) < 4.78 is 0. The van der Waals surface area contributed by atoms with E-state index in [9.17, 15) is 4.79 Å². The van der Waals surface area contributed by atoms with Crippen molar-refractivity contribution in [2.75, 3.05) is 0 Å². The molecular weight excluding hydrogens is 320 g/mol. The van der Waals surface area contributed by atoms with Crippen molar-refractivity contribution < 1.29 is 4.79 Å². The summed E-state index contributed by atoms with van der Waals surface area (Å²) >= 11 is 0. The van der Waals surface area contributed by atoms with Crippen LogP contribution in [0.1, 0.15) is 103 Å². The number of urea groups is 1. The Hall–Kier alpha value is -0.730. The van der Waals surface area contributed by atoms with Crippen molar-refractivity contribution in [3.63, 3.8) is 0 Å². The van der Waals surface area contributed by atoms with Crippen molar-refractivity contribution in [1.29, 1.82) is 0 Å². The van der Waals surface area contributed by atoms with Gasteiger partial charge in [0, 0.05) is 11.1 Å². The molecule has 1 unspecified atom stereocenters. The Morgan fingerprint density at radius 1 is 0.692 bits per heavy atom. The van der Waals surface area contributed by atoms with Gasteiger partial charge >= 0.3 is 6.03 Å². The zero-order chi connectivity index (χ0) is 21.1. The zero-order valence-electron chi connectivity index (χ0n) is 20.1. The minimum absolute atomic E-state index is 0.0624. The van der Waals surface area contributed by atoms with E-state index in [1.54, 1.807) is 0 Å². The quantitative estimate of drug-likeness (QED) is 0.471. The SMILES string of the molecule is CC(C)C(C)C(C)(C)CC(C)(C)NC(=O)NC(C)(C)CC(C)(C)C(C)C. The summed E-state index contributed by atoms with van der Waals surface area (Å²) in [6.45, 7) is 29.0. The molecule has 0 aromatic rings. The van der Waals surface area contributed by atoms with Crippen LogP contribution in [0.3, 0.4) is 0 Å². The number of rotatable bonds is 9. The van der Waals surface area contributed by atoms with Gasteiger partial charge in [0.1, 0.15) is 0 Å². The van der Waals surface area contributed by atoms with Gasteiger partial charge in [0.05, 0.1) is 0 Å². The van der Waals surface area contributed by atoms with Crippen molar-refractivity contribution in [2.24, 2.45) is 28.6 Å². The molecule has 156 valence electrons. The van der Waals surface area contributed by atoms with Crippen molar-refractivity contribution in [2.45, 2.75) is 114 Å². The highest BCUT2D eigenvalue weighted by Crippen LogP contribution is 2.39. The topological polar surface area (TPSA) is 41.1 Å². The molecule has 3 heteroatoms. The second-order valence-corrected chi connectivity index (χ2v) is 11.9. The van der Waals surface area contributed by atoms with Crippen LogP contribution in [-0.4, -0.2) is 17.1 Å². The summed E-state index contributed by atoms with van der Waals surface area (Å²) in [7, 11) is 0. The molecule has 0 saturated heterocycles. The molecule has 0 spiro atoms. The van der Waals surface area contributed by atoms with Crippen LogP contribution in [0.4, 0.5) is 4.79 Å². The third kappa shape index (κ3) is 8.31. The van der Waals surface area contributed by atoms with Gasteiger partial charge in [0.15, 0.2) is 0 Å². The average molecular weight is 369 g/mol. The Labute approximate surface area is 164 Å². The molecule has 2 N–H and O–H groups in total. The van der Waals surface area contributed by atoms with Crippen LogP contribution >= 0.6 is 0 Å². The van der Waals surface area contributed by atoms with Gasteiger partial charge in [0.25, 0.3) is 0 Å². The van der Waals surface area contributed by atoms with Crippen LogP contribution < -0.4 is 10.6 Å². The van der Waals surface area contributed by atoms with Crippen molar-refractivity contribution in [3.05, 3.63) is 0 Å². The molecule has 0 heterocycles. The fourth-order valence-corrected chi connectivity index (χ4v) is 4.28. The van der Waals surface area contributed by atoms with Gasteiger partial charge in [-0.1, -0.05) is 62.3 Å². The summed E-state index contributed by atoms with van der Waals surface area (Å²) in [6.07, 6.45) is 1.89. The molecule has 26 heavy (non-hydrogen) atoms. The van der Waals surface area contributed by atoms with E-state index < -0.39 is 0 Å². The van der Waals surface area contributed by atoms with Gasteiger partial charge in [-0.2, -0.15) is 0 Å². The number of nitrogens with one attached hydrogen (secondary N) is 2. The molecule has 1 atom stereocenters. The molecule has 3 nitrogen and oxygen atoms in total. The summed E-state index contributed by atoms with van der Waals surface area (Å²) in [5.74, 6) is 1.79. The van der Waals surface area contributed by atoms with E-state index in [1.807, 2.05) is 0 Å². The van der Waals surface area contributed by atoms with E-state index in [2.05, 4.69) is 101 Å². The minimum Gasteiger partial charge on any atom is -0.333 e. The maximum absolute atomic E-state index is 12.7. The van der Waals surface area contributed by atoms with Crippen LogP contribution in [0.25, 0.3) is 0 Å². The van der Waals surface area contributed by atoms with Crippen LogP contribution in [-0.2, 0) is 0 Å². The van der Waals surface area contributed by atoms with E-state index in [1.165, 1.54) is 0 Å². The fourth-order valence-electron chi connectivity index (χ4n) is 4.28. The first-order chi connectivity index (χ1) is 11.3. The van der Waals surface area contributed by atoms with Crippen LogP contribution in [0.2, 0.25) is 0 Å². The normalized spacial score (nSPS) is 15.3. The van der Waals surface area contributed by atoms with Gasteiger partial charge < -0.3 is 10.6 Å². The van der Waals surface area contributed by atoms with E-state index >= 15 is 0 Å². The molecule has 0 aromatic heterocycles. The molecule has 0 aliphatic rings. The van der Waals surface area contributed by atoms with Crippen molar-refractivity contribution >= 4 is 6.03 Å². The van der Waals surface area contributed by atoms with Crippen LogP contribution in [0.5, 0.6) is 0 Å². The Balaban J connectivity index is 4.93. The Bertz CT molecular complexity index is 459. The predicted molar refractivity (Wildman–Crippen MR) is 115 cm³/mol. The first-order valence-electron chi connectivity index (χ1n) is 10.4. The number of amides is 2. The molecule has 0 fully saturated rings. The number of carbonyl (C=O) groups excluding carboxylic acids is 1. The largest absolute Gasteiger partial charge is 0.333 e. The van der Waals surface area contributed by atoms with Crippen LogP contribution in [0.15, 0.2) is 0 Å². The minimum atomic E-state index is -0.250. The summed E-state index contributed by atoms with van der Waals surface area (Å²) in [4.78, 5) is 12.7.